The second-order valence-corrected chi connectivity index (χ2v) is 12.1. The molecule has 1 fully saturated rings. The predicted molar refractivity (Wildman–Crippen MR) is 165 cm³/mol. The fraction of sp³-hybridized carbons (Fsp3) is 0.375. The molecule has 42 heavy (non-hydrogen) atoms. The van der Waals surface area contributed by atoms with Crippen LogP contribution in [0, 0.1) is 0 Å². The summed E-state index contributed by atoms with van der Waals surface area (Å²) in [5.74, 6) is 0.457. The van der Waals surface area contributed by atoms with Gasteiger partial charge in [-0.25, -0.2) is 9.78 Å². The van der Waals surface area contributed by atoms with E-state index in [-0.39, 0.29) is 17.4 Å². The Morgan fingerprint density at radius 1 is 1.10 bits per heavy atom. The molecule has 1 saturated heterocycles. The summed E-state index contributed by atoms with van der Waals surface area (Å²) in [4.78, 5) is 46.8. The van der Waals surface area contributed by atoms with Crippen molar-refractivity contribution >= 4 is 40.5 Å². The van der Waals surface area contributed by atoms with Crippen LogP contribution in [0.3, 0.4) is 0 Å². The second-order valence-electron chi connectivity index (χ2n) is 11.7. The minimum atomic E-state index is -0.714. The van der Waals surface area contributed by atoms with E-state index < -0.39 is 17.7 Å². The zero-order chi connectivity index (χ0) is 30.0. The average molecular weight is 590 g/mol. The first kappa shape index (κ1) is 29.4. The number of hydrogen-bond donors (Lipinski definition) is 1. The number of carbonyl (C=O) groups is 2. The van der Waals surface area contributed by atoms with Crippen molar-refractivity contribution in [3.05, 3.63) is 93.4 Å². The number of ether oxygens (including phenoxy) is 1. The molecule has 2 aromatic carbocycles. The first-order valence-electron chi connectivity index (χ1n) is 14.2. The van der Waals surface area contributed by atoms with E-state index in [1.54, 1.807) is 43.5 Å². The lowest BCUT2D eigenvalue weighted by Gasteiger charge is -2.34. The van der Waals surface area contributed by atoms with Gasteiger partial charge in [0.15, 0.2) is 5.78 Å². The zero-order valence-electron chi connectivity index (χ0n) is 24.3. The molecule has 1 aliphatic heterocycles. The van der Waals surface area contributed by atoms with E-state index in [4.69, 9.17) is 21.3 Å². The number of nitrogens with zero attached hydrogens (tertiary/aromatic N) is 4. The van der Waals surface area contributed by atoms with E-state index >= 15 is 0 Å². The number of carbonyl (C=O) groups excluding carboxylic acids is 2. The first-order chi connectivity index (χ1) is 20.0. The minimum Gasteiger partial charge on any atom is -0.444 e. The average Bonchev–Trinajstić information content (AvgIpc) is 3.32. The van der Waals surface area contributed by atoms with Crippen molar-refractivity contribution in [1.29, 1.82) is 0 Å². The monoisotopic (exact) mass is 589 g/mol. The van der Waals surface area contributed by atoms with Crippen LogP contribution in [-0.2, 0) is 11.3 Å². The number of fused-ring (bicyclic) bond motifs is 1. The van der Waals surface area contributed by atoms with E-state index in [1.807, 2.05) is 55.7 Å². The highest BCUT2D eigenvalue weighted by Gasteiger charge is 2.29. The third-order valence-electron chi connectivity index (χ3n) is 7.37. The lowest BCUT2D eigenvalue weighted by molar-refractivity contribution is 0.0499. The molecule has 10 heteroatoms. The number of anilines is 1. The summed E-state index contributed by atoms with van der Waals surface area (Å²) < 4.78 is 8.82. The highest BCUT2D eigenvalue weighted by atomic mass is 35.5. The van der Waals surface area contributed by atoms with E-state index in [0.29, 0.717) is 47.2 Å². The Balaban J connectivity index is 1.54. The number of halogens is 1. The van der Waals surface area contributed by atoms with E-state index in [2.05, 4.69) is 10.2 Å². The smallest absolute Gasteiger partial charge is 0.407 e. The van der Waals surface area contributed by atoms with Crippen LogP contribution in [0.4, 0.5) is 10.7 Å². The maximum atomic E-state index is 14.1. The van der Waals surface area contributed by atoms with Gasteiger partial charge in [-0.2, -0.15) is 0 Å². The zero-order valence-corrected chi connectivity index (χ0v) is 25.1. The van der Waals surface area contributed by atoms with Crippen molar-refractivity contribution in [1.82, 2.24) is 19.4 Å². The summed E-state index contributed by atoms with van der Waals surface area (Å²) in [5, 5.41) is 3.57. The van der Waals surface area contributed by atoms with Gasteiger partial charge < -0.3 is 24.1 Å². The maximum absolute atomic E-state index is 14.1. The Morgan fingerprint density at radius 2 is 1.81 bits per heavy atom. The fourth-order valence-electron chi connectivity index (χ4n) is 5.36. The van der Waals surface area contributed by atoms with Crippen LogP contribution in [0.25, 0.3) is 11.0 Å². The van der Waals surface area contributed by atoms with E-state index in [9.17, 15) is 14.4 Å². The molecule has 0 saturated carbocycles. The second kappa shape index (κ2) is 12.0. The summed E-state index contributed by atoms with van der Waals surface area (Å²) in [5.41, 5.74) is 1.39. The number of rotatable bonds is 7. The number of piperidine rings is 1. The molecule has 1 aliphatic rings. The molecular weight excluding hydrogens is 554 g/mol. The van der Waals surface area contributed by atoms with Crippen LogP contribution in [0.1, 0.15) is 62.5 Å². The van der Waals surface area contributed by atoms with Crippen LogP contribution in [0.2, 0.25) is 5.02 Å². The highest BCUT2D eigenvalue weighted by molar-refractivity contribution is 6.31. The van der Waals surface area contributed by atoms with Gasteiger partial charge in [0.05, 0.1) is 18.1 Å². The number of alkyl carbamates (subject to hydrolysis) is 1. The lowest BCUT2D eigenvalue weighted by Crippen LogP contribution is -2.49. The van der Waals surface area contributed by atoms with Gasteiger partial charge in [0, 0.05) is 35.9 Å². The van der Waals surface area contributed by atoms with Crippen LogP contribution in [-0.4, -0.2) is 50.7 Å². The van der Waals surface area contributed by atoms with Crippen molar-refractivity contribution < 1.29 is 14.3 Å². The molecule has 0 spiro atoms. The number of aromatic nitrogens is 3. The Labute approximate surface area is 250 Å². The molecule has 0 aliphatic carbocycles. The van der Waals surface area contributed by atoms with Gasteiger partial charge in [-0.15, -0.1) is 0 Å². The molecule has 3 heterocycles. The van der Waals surface area contributed by atoms with Gasteiger partial charge in [0.25, 0.3) is 5.56 Å². The van der Waals surface area contributed by atoms with Crippen molar-refractivity contribution in [2.45, 2.75) is 64.8 Å². The Bertz CT molecular complexity index is 1660. The van der Waals surface area contributed by atoms with Gasteiger partial charge in [0.1, 0.15) is 11.1 Å². The molecular formula is C32H36ClN5O4. The number of benzene rings is 2. The summed E-state index contributed by atoms with van der Waals surface area (Å²) in [7, 11) is 0. The third kappa shape index (κ3) is 6.36. The largest absolute Gasteiger partial charge is 0.444 e. The number of pyridine rings is 1. The molecule has 0 radical (unpaired) electrons. The topological polar surface area (TPSA) is 98.5 Å². The van der Waals surface area contributed by atoms with E-state index in [0.717, 1.165) is 18.4 Å². The molecule has 9 nitrogen and oxygen atoms in total. The van der Waals surface area contributed by atoms with Crippen LogP contribution >= 0.6 is 11.6 Å². The molecule has 4 aromatic rings. The molecule has 220 valence electrons. The van der Waals surface area contributed by atoms with E-state index in [1.165, 1.54) is 4.57 Å². The predicted octanol–water partition coefficient (Wildman–Crippen LogP) is 5.84. The summed E-state index contributed by atoms with van der Waals surface area (Å²) in [6, 6.07) is 17.4. The SMILES string of the molecule is CC(C(=O)c1ccccc1)n1ccc2nc(N3CCCC(NC(=O)OC(C)(C)C)C3)n(Cc3ccccc3Cl)c2c1=O. The third-order valence-corrected chi connectivity index (χ3v) is 7.74. The molecule has 2 atom stereocenters. The van der Waals surface area contributed by atoms with Crippen LogP contribution < -0.4 is 15.8 Å². The number of imidazole rings is 1. The summed E-state index contributed by atoms with van der Waals surface area (Å²) >= 11 is 6.56. The summed E-state index contributed by atoms with van der Waals surface area (Å²) in [6.07, 6.45) is 2.80. The standard InChI is InChI=1S/C32H36ClN5O4/c1-21(28(39)22-11-6-5-7-12-22)37-18-16-26-27(29(37)40)38(19-23-13-8-9-15-25(23)33)30(35-26)36-17-10-14-24(20-36)34-31(41)42-32(2,3)4/h5-9,11-13,15-16,18,21,24H,10,14,17,19-20H2,1-4H3,(H,34,41). The van der Waals surface area contributed by atoms with Gasteiger partial charge >= 0.3 is 6.09 Å². The quantitative estimate of drug-likeness (QED) is 0.272. The molecule has 0 bridgehead atoms. The summed E-state index contributed by atoms with van der Waals surface area (Å²) in [6.45, 7) is 8.74. The van der Waals surface area contributed by atoms with Gasteiger partial charge in [-0.3, -0.25) is 9.59 Å². The maximum Gasteiger partial charge on any atom is 0.407 e. The Kier molecular flexibility index (Phi) is 8.41. The molecule has 1 amide bonds. The van der Waals surface area contributed by atoms with Gasteiger partial charge in [-0.1, -0.05) is 60.1 Å². The van der Waals surface area contributed by atoms with Crippen molar-refractivity contribution in [2.75, 3.05) is 18.0 Å². The number of nitrogens with one attached hydrogen (secondary N) is 1. The van der Waals surface area contributed by atoms with Crippen molar-refractivity contribution in [3.63, 3.8) is 0 Å². The van der Waals surface area contributed by atoms with Gasteiger partial charge in [-0.05, 0) is 58.2 Å². The Hall–Kier alpha value is -4.11. The molecule has 1 N–H and O–H groups in total. The van der Waals surface area contributed by atoms with Crippen LogP contribution in [0.15, 0.2) is 71.7 Å². The lowest BCUT2D eigenvalue weighted by atomic mass is 10.1. The molecule has 2 unspecified atom stereocenters. The van der Waals surface area contributed by atoms with Crippen molar-refractivity contribution in [2.24, 2.45) is 0 Å². The van der Waals surface area contributed by atoms with Crippen LogP contribution in [0.5, 0.6) is 0 Å². The number of ketones is 1. The minimum absolute atomic E-state index is 0.151. The van der Waals surface area contributed by atoms with Gasteiger partial charge in [0.2, 0.25) is 5.95 Å². The number of amides is 1. The highest BCUT2D eigenvalue weighted by Crippen LogP contribution is 2.27. The fourth-order valence-corrected chi connectivity index (χ4v) is 5.55. The molecule has 5 rings (SSSR count). The normalized spacial score (nSPS) is 16.3. The number of Topliss-reactive ketones (excluding diaryl/α,β-unsaturated/α-hetero) is 1. The number of hydrogen-bond acceptors (Lipinski definition) is 6. The van der Waals surface area contributed by atoms with Crippen molar-refractivity contribution in [3.8, 4) is 0 Å². The first-order valence-corrected chi connectivity index (χ1v) is 14.6. The molecule has 2 aromatic heterocycles. The Morgan fingerprint density at radius 3 is 2.52 bits per heavy atom.